The lowest BCUT2D eigenvalue weighted by molar-refractivity contribution is -0.104. The van der Waals surface area contributed by atoms with Crippen molar-refractivity contribution in [2.75, 3.05) is 5.32 Å². The molecule has 1 aliphatic heterocycles. The zero-order valence-corrected chi connectivity index (χ0v) is 6.90. The van der Waals surface area contributed by atoms with Gasteiger partial charge in [0, 0.05) is 23.7 Å². The van der Waals surface area contributed by atoms with Gasteiger partial charge in [0.2, 0.25) is 0 Å². The first-order chi connectivity index (χ1) is 6.40. The molecule has 1 aromatic rings. The third-order valence-electron chi connectivity index (χ3n) is 1.81. The maximum absolute atomic E-state index is 10.4. The molecule has 0 unspecified atom stereocenters. The van der Waals surface area contributed by atoms with Gasteiger partial charge in [-0.05, 0) is 6.07 Å². The van der Waals surface area contributed by atoms with Crippen molar-refractivity contribution >= 4 is 18.2 Å². The van der Waals surface area contributed by atoms with E-state index >= 15 is 0 Å². The van der Waals surface area contributed by atoms with E-state index in [0.717, 1.165) is 17.5 Å². The van der Waals surface area contributed by atoms with Gasteiger partial charge < -0.3 is 5.32 Å². The highest BCUT2D eigenvalue weighted by Crippen LogP contribution is 2.15. The Morgan fingerprint density at radius 1 is 1.31 bits per heavy atom. The molecule has 64 valence electrons. The molecule has 0 amide bonds. The van der Waals surface area contributed by atoms with Crippen LogP contribution >= 0.6 is 0 Å². The van der Waals surface area contributed by atoms with Crippen molar-refractivity contribution in [3.63, 3.8) is 0 Å². The first-order valence-electron chi connectivity index (χ1n) is 3.95. The van der Waals surface area contributed by atoms with Crippen LogP contribution in [0.1, 0.15) is 5.56 Å². The zero-order chi connectivity index (χ0) is 9.10. The number of hydrogen-bond donors (Lipinski definition) is 1. The summed E-state index contributed by atoms with van der Waals surface area (Å²) in [6.07, 6.45) is 3.99. The fourth-order valence-corrected chi connectivity index (χ4v) is 1.14. The van der Waals surface area contributed by atoms with Crippen molar-refractivity contribution < 1.29 is 4.79 Å². The third-order valence-corrected chi connectivity index (χ3v) is 1.81. The Hall–Kier alpha value is -1.90. The van der Waals surface area contributed by atoms with E-state index in [1.807, 2.05) is 24.3 Å². The van der Waals surface area contributed by atoms with Gasteiger partial charge in [-0.3, -0.25) is 9.79 Å². The monoisotopic (exact) mass is 172 g/mol. The number of hydrogen-bond acceptors (Lipinski definition) is 3. The van der Waals surface area contributed by atoms with Crippen LogP contribution in [0, 0.1) is 0 Å². The summed E-state index contributed by atoms with van der Waals surface area (Å²) in [5.41, 5.74) is 2.34. The molecular formula is C10H8N2O. The molecule has 0 saturated carbocycles. The van der Waals surface area contributed by atoms with E-state index in [-0.39, 0.29) is 0 Å². The molecule has 1 aliphatic rings. The Kier molecular flexibility index (Phi) is 1.92. The van der Waals surface area contributed by atoms with Gasteiger partial charge in [-0.1, -0.05) is 18.2 Å². The summed E-state index contributed by atoms with van der Waals surface area (Å²) in [7, 11) is 0. The van der Waals surface area contributed by atoms with E-state index in [4.69, 9.17) is 0 Å². The third kappa shape index (κ3) is 1.49. The average molecular weight is 172 g/mol. The van der Waals surface area contributed by atoms with Crippen LogP contribution < -0.4 is 5.32 Å². The quantitative estimate of drug-likeness (QED) is 0.653. The van der Waals surface area contributed by atoms with Crippen molar-refractivity contribution in [1.29, 1.82) is 0 Å². The normalized spacial score (nSPS) is 13.7. The minimum absolute atomic E-state index is 0.399. The van der Waals surface area contributed by atoms with Crippen LogP contribution in [0.25, 0.3) is 0 Å². The molecule has 2 rings (SSSR count). The van der Waals surface area contributed by atoms with Crippen LogP contribution in [-0.4, -0.2) is 12.5 Å². The van der Waals surface area contributed by atoms with Gasteiger partial charge in [-0.15, -0.1) is 0 Å². The molecule has 1 N–H and O–H groups in total. The zero-order valence-electron chi connectivity index (χ0n) is 6.90. The molecule has 0 aromatic heterocycles. The first kappa shape index (κ1) is 7.73. The van der Waals surface area contributed by atoms with E-state index in [1.54, 1.807) is 12.4 Å². The number of aldehydes is 1. The number of benzene rings is 1. The number of carbonyl (C=O) groups is 1. The standard InChI is InChI=1S/C10H8N2O/c13-7-9-6-12-10-4-2-1-3-8(10)5-11-9/h1-7,12H. The summed E-state index contributed by atoms with van der Waals surface area (Å²) in [5.74, 6) is 0. The minimum Gasteiger partial charge on any atom is -0.359 e. The van der Waals surface area contributed by atoms with Crippen LogP contribution in [0.5, 0.6) is 0 Å². The van der Waals surface area contributed by atoms with Crippen molar-refractivity contribution in [1.82, 2.24) is 0 Å². The van der Waals surface area contributed by atoms with Gasteiger partial charge in [0.25, 0.3) is 0 Å². The number of fused-ring (bicyclic) bond motifs is 1. The van der Waals surface area contributed by atoms with Crippen LogP contribution in [0.2, 0.25) is 0 Å². The summed E-state index contributed by atoms with van der Waals surface area (Å²) in [5, 5.41) is 3.01. The van der Waals surface area contributed by atoms with Crippen LogP contribution in [0.15, 0.2) is 41.2 Å². The predicted octanol–water partition coefficient (Wildman–Crippen LogP) is 1.57. The Bertz CT molecular complexity index is 394. The average Bonchev–Trinajstić information content (AvgIpc) is 2.39. The Morgan fingerprint density at radius 2 is 2.15 bits per heavy atom. The Balaban J connectivity index is 2.44. The van der Waals surface area contributed by atoms with Gasteiger partial charge in [-0.25, -0.2) is 0 Å². The number of nitrogens with zero attached hydrogens (tertiary/aromatic N) is 1. The lowest BCUT2D eigenvalue weighted by Gasteiger charge is -2.01. The first-order valence-corrected chi connectivity index (χ1v) is 3.95. The predicted molar refractivity (Wildman–Crippen MR) is 51.8 cm³/mol. The lowest BCUT2D eigenvalue weighted by Crippen LogP contribution is -1.91. The molecule has 0 atom stereocenters. The smallest absolute Gasteiger partial charge is 0.169 e. The largest absolute Gasteiger partial charge is 0.359 e. The summed E-state index contributed by atoms with van der Waals surface area (Å²) < 4.78 is 0. The van der Waals surface area contributed by atoms with E-state index < -0.39 is 0 Å². The Labute approximate surface area is 75.8 Å². The second-order valence-electron chi connectivity index (χ2n) is 2.68. The Morgan fingerprint density at radius 3 is 3.00 bits per heavy atom. The van der Waals surface area contributed by atoms with E-state index in [1.165, 1.54) is 0 Å². The lowest BCUT2D eigenvalue weighted by atomic mass is 10.2. The highest BCUT2D eigenvalue weighted by atomic mass is 16.1. The van der Waals surface area contributed by atoms with E-state index in [9.17, 15) is 4.79 Å². The number of rotatable bonds is 1. The number of para-hydroxylation sites is 1. The van der Waals surface area contributed by atoms with Gasteiger partial charge in [-0.2, -0.15) is 0 Å². The summed E-state index contributed by atoms with van der Waals surface area (Å²) in [6, 6.07) is 7.73. The second-order valence-corrected chi connectivity index (χ2v) is 2.68. The molecule has 3 heteroatoms. The molecule has 3 nitrogen and oxygen atoms in total. The molecule has 0 spiro atoms. The van der Waals surface area contributed by atoms with Crippen molar-refractivity contribution in [2.45, 2.75) is 0 Å². The van der Waals surface area contributed by atoms with Crippen LogP contribution in [0.4, 0.5) is 5.69 Å². The molecule has 0 bridgehead atoms. The molecule has 13 heavy (non-hydrogen) atoms. The maximum atomic E-state index is 10.4. The van der Waals surface area contributed by atoms with Crippen molar-refractivity contribution in [3.8, 4) is 0 Å². The topological polar surface area (TPSA) is 41.5 Å². The van der Waals surface area contributed by atoms with Crippen LogP contribution in [0.3, 0.4) is 0 Å². The molecule has 0 aliphatic carbocycles. The number of anilines is 1. The summed E-state index contributed by atoms with van der Waals surface area (Å²) in [4.78, 5) is 14.4. The van der Waals surface area contributed by atoms with Gasteiger partial charge in [0.05, 0.1) is 0 Å². The van der Waals surface area contributed by atoms with Crippen LogP contribution in [-0.2, 0) is 4.79 Å². The van der Waals surface area contributed by atoms with Crippen molar-refractivity contribution in [3.05, 3.63) is 41.7 Å². The minimum atomic E-state index is 0.399. The fraction of sp³-hybridized carbons (Fsp3) is 0. The number of allylic oxidation sites excluding steroid dienone is 1. The SMILES string of the molecule is O=CC1=CNc2ccccc2C=N1. The molecule has 1 aromatic carbocycles. The number of nitrogens with one attached hydrogen (secondary N) is 1. The highest BCUT2D eigenvalue weighted by molar-refractivity contribution is 5.92. The highest BCUT2D eigenvalue weighted by Gasteiger charge is 2.01. The molecule has 0 saturated heterocycles. The summed E-state index contributed by atoms with van der Waals surface area (Å²) >= 11 is 0. The van der Waals surface area contributed by atoms with E-state index in [0.29, 0.717) is 5.70 Å². The molecule has 1 heterocycles. The van der Waals surface area contributed by atoms with Crippen molar-refractivity contribution in [2.24, 2.45) is 4.99 Å². The molecule has 0 radical (unpaired) electrons. The molecular weight excluding hydrogens is 164 g/mol. The number of carbonyl (C=O) groups excluding carboxylic acids is 1. The van der Waals surface area contributed by atoms with Gasteiger partial charge in [0.15, 0.2) is 6.29 Å². The molecule has 0 fully saturated rings. The van der Waals surface area contributed by atoms with E-state index in [2.05, 4.69) is 10.3 Å². The maximum Gasteiger partial charge on any atom is 0.169 e. The fourth-order valence-electron chi connectivity index (χ4n) is 1.14. The van der Waals surface area contributed by atoms with Gasteiger partial charge >= 0.3 is 0 Å². The second kappa shape index (κ2) is 3.23. The number of aliphatic imine (C=N–C) groups is 1. The summed E-state index contributed by atoms with van der Waals surface area (Å²) in [6.45, 7) is 0. The van der Waals surface area contributed by atoms with Gasteiger partial charge in [0.1, 0.15) is 5.70 Å².